The number of benzene rings is 3. The van der Waals surface area contributed by atoms with Crippen LogP contribution in [0.1, 0.15) is 29.8 Å². The normalized spacial score (nSPS) is 18.3. The van der Waals surface area contributed by atoms with E-state index < -0.39 is 5.79 Å². The van der Waals surface area contributed by atoms with Crippen LogP contribution in [0.5, 0.6) is 11.5 Å². The molecule has 1 amide bonds. The Labute approximate surface area is 193 Å². The first-order valence-corrected chi connectivity index (χ1v) is 11.1. The Hall–Kier alpha value is -3.35. The number of rotatable bonds is 6. The fourth-order valence-electron chi connectivity index (χ4n) is 4.29. The lowest BCUT2D eigenvalue weighted by Crippen LogP contribution is -2.39. The van der Waals surface area contributed by atoms with Gasteiger partial charge in [0.1, 0.15) is 6.10 Å². The van der Waals surface area contributed by atoms with Crippen molar-refractivity contribution in [3.05, 3.63) is 83.9 Å². The number of carbonyl (C=O) groups excluding carboxylic acids is 1. The number of hydrogen-bond donors (Lipinski definition) is 0. The van der Waals surface area contributed by atoms with Crippen LogP contribution in [0.3, 0.4) is 0 Å². The number of fused-ring (bicyclic) bond motifs is 1. The molecule has 0 aromatic heterocycles. The van der Waals surface area contributed by atoms with E-state index in [-0.39, 0.29) is 18.8 Å². The molecule has 6 heteroatoms. The summed E-state index contributed by atoms with van der Waals surface area (Å²) in [6, 6.07) is 23.5. The standard InChI is InChI=1S/C27H27NO5/c1-27(2)32-17-21(33-27)16-28(15-19-12-13-24-25(14-19)31-18-30-24)26(29)23-11-7-6-10-22(23)20-8-4-3-5-9-20/h3-14,21H,15-18H2,1-2H3. The SMILES string of the molecule is CC1(C)OCC(CN(Cc2ccc3c(c2)OCO3)C(=O)c2ccccc2-c2ccccc2)O1. The zero-order chi connectivity index (χ0) is 22.8. The van der Waals surface area contributed by atoms with Crippen molar-refractivity contribution < 1.29 is 23.7 Å². The van der Waals surface area contributed by atoms with Crippen molar-refractivity contribution in [1.82, 2.24) is 4.90 Å². The third kappa shape index (κ3) is 4.72. The molecule has 0 aliphatic carbocycles. The van der Waals surface area contributed by atoms with Crippen molar-refractivity contribution in [3.63, 3.8) is 0 Å². The van der Waals surface area contributed by atoms with Crippen LogP contribution in [-0.2, 0) is 16.0 Å². The molecular formula is C27H27NO5. The van der Waals surface area contributed by atoms with Crippen molar-refractivity contribution in [2.24, 2.45) is 0 Å². The van der Waals surface area contributed by atoms with Crippen molar-refractivity contribution >= 4 is 5.91 Å². The first kappa shape index (κ1) is 21.5. The minimum Gasteiger partial charge on any atom is -0.454 e. The molecule has 6 nitrogen and oxygen atoms in total. The number of carbonyl (C=O) groups is 1. The van der Waals surface area contributed by atoms with E-state index in [1.165, 1.54) is 0 Å². The monoisotopic (exact) mass is 445 g/mol. The van der Waals surface area contributed by atoms with Gasteiger partial charge in [0.2, 0.25) is 6.79 Å². The molecule has 3 aromatic rings. The number of nitrogens with zero attached hydrogens (tertiary/aromatic N) is 1. The summed E-state index contributed by atoms with van der Waals surface area (Å²) in [5.74, 6) is 0.715. The lowest BCUT2D eigenvalue weighted by Gasteiger charge is -2.27. The van der Waals surface area contributed by atoms with Gasteiger partial charge in [-0.05, 0) is 48.7 Å². The fraction of sp³-hybridized carbons (Fsp3) is 0.296. The van der Waals surface area contributed by atoms with Crippen molar-refractivity contribution in [2.75, 3.05) is 19.9 Å². The zero-order valence-corrected chi connectivity index (χ0v) is 18.8. The molecule has 0 saturated carbocycles. The van der Waals surface area contributed by atoms with E-state index >= 15 is 0 Å². The second-order valence-electron chi connectivity index (χ2n) is 8.74. The Morgan fingerprint density at radius 2 is 1.73 bits per heavy atom. The molecule has 1 unspecified atom stereocenters. The van der Waals surface area contributed by atoms with E-state index in [0.717, 1.165) is 22.4 Å². The van der Waals surface area contributed by atoms with Gasteiger partial charge in [-0.1, -0.05) is 54.6 Å². The van der Waals surface area contributed by atoms with Crippen molar-refractivity contribution in [3.8, 4) is 22.6 Å². The summed E-state index contributed by atoms with van der Waals surface area (Å²) in [5.41, 5.74) is 3.53. The highest BCUT2D eigenvalue weighted by Crippen LogP contribution is 2.33. The maximum Gasteiger partial charge on any atom is 0.254 e. The maximum absolute atomic E-state index is 13.9. The van der Waals surface area contributed by atoms with Gasteiger partial charge in [-0.15, -0.1) is 0 Å². The lowest BCUT2D eigenvalue weighted by atomic mass is 9.98. The van der Waals surface area contributed by atoms with E-state index in [4.69, 9.17) is 18.9 Å². The van der Waals surface area contributed by atoms with Gasteiger partial charge in [0.25, 0.3) is 5.91 Å². The lowest BCUT2D eigenvalue weighted by molar-refractivity contribution is -0.139. The van der Waals surface area contributed by atoms with E-state index in [0.29, 0.717) is 31.0 Å². The van der Waals surface area contributed by atoms with E-state index in [1.54, 1.807) is 0 Å². The average molecular weight is 446 g/mol. The topological polar surface area (TPSA) is 57.2 Å². The summed E-state index contributed by atoms with van der Waals surface area (Å²) in [4.78, 5) is 15.7. The van der Waals surface area contributed by atoms with Gasteiger partial charge in [-0.2, -0.15) is 0 Å². The molecule has 0 spiro atoms. The third-order valence-corrected chi connectivity index (χ3v) is 5.83. The van der Waals surface area contributed by atoms with Crippen LogP contribution in [0, 0.1) is 0 Å². The molecule has 1 saturated heterocycles. The predicted octanol–water partition coefficient (Wildman–Crippen LogP) is 4.88. The molecular weight excluding hydrogens is 418 g/mol. The molecule has 170 valence electrons. The molecule has 0 bridgehead atoms. The third-order valence-electron chi connectivity index (χ3n) is 5.83. The molecule has 1 fully saturated rings. The zero-order valence-electron chi connectivity index (χ0n) is 18.8. The molecule has 1 atom stereocenters. The minimum atomic E-state index is -0.653. The van der Waals surface area contributed by atoms with E-state index in [1.807, 2.05) is 91.5 Å². The first-order chi connectivity index (χ1) is 16.0. The van der Waals surface area contributed by atoms with Crippen LogP contribution in [0.2, 0.25) is 0 Å². The second-order valence-corrected chi connectivity index (χ2v) is 8.74. The average Bonchev–Trinajstić information content (AvgIpc) is 3.44. The summed E-state index contributed by atoms with van der Waals surface area (Å²) in [7, 11) is 0. The Bertz CT molecular complexity index is 1140. The van der Waals surface area contributed by atoms with Gasteiger partial charge in [0, 0.05) is 18.7 Å². The van der Waals surface area contributed by atoms with Crippen LogP contribution in [-0.4, -0.2) is 42.6 Å². The molecule has 2 aliphatic rings. The highest BCUT2D eigenvalue weighted by Gasteiger charge is 2.35. The van der Waals surface area contributed by atoms with Gasteiger partial charge >= 0.3 is 0 Å². The van der Waals surface area contributed by atoms with Gasteiger partial charge in [-0.25, -0.2) is 0 Å². The quantitative estimate of drug-likeness (QED) is 0.542. The minimum absolute atomic E-state index is 0.0552. The first-order valence-electron chi connectivity index (χ1n) is 11.1. The van der Waals surface area contributed by atoms with Gasteiger partial charge in [0.15, 0.2) is 17.3 Å². The summed E-state index contributed by atoms with van der Waals surface area (Å²) in [5, 5.41) is 0. The van der Waals surface area contributed by atoms with Crippen LogP contribution < -0.4 is 9.47 Å². The van der Waals surface area contributed by atoms with Crippen LogP contribution in [0.4, 0.5) is 0 Å². The predicted molar refractivity (Wildman–Crippen MR) is 124 cm³/mol. The highest BCUT2D eigenvalue weighted by atomic mass is 16.7. The van der Waals surface area contributed by atoms with E-state index in [2.05, 4.69) is 0 Å². The summed E-state index contributed by atoms with van der Waals surface area (Å²) in [6.45, 7) is 5.27. The molecule has 2 heterocycles. The number of ether oxygens (including phenoxy) is 4. The van der Waals surface area contributed by atoms with Crippen LogP contribution >= 0.6 is 0 Å². The maximum atomic E-state index is 13.9. The molecule has 33 heavy (non-hydrogen) atoms. The van der Waals surface area contributed by atoms with E-state index in [9.17, 15) is 4.79 Å². The molecule has 5 rings (SSSR count). The molecule has 0 N–H and O–H groups in total. The number of hydrogen-bond acceptors (Lipinski definition) is 5. The van der Waals surface area contributed by atoms with Crippen LogP contribution in [0.15, 0.2) is 72.8 Å². The van der Waals surface area contributed by atoms with Crippen molar-refractivity contribution in [2.45, 2.75) is 32.3 Å². The van der Waals surface area contributed by atoms with Crippen LogP contribution in [0.25, 0.3) is 11.1 Å². The summed E-state index contributed by atoms with van der Waals surface area (Å²) in [6.07, 6.45) is -0.207. The molecule has 0 radical (unpaired) electrons. The molecule has 2 aliphatic heterocycles. The summed E-state index contributed by atoms with van der Waals surface area (Å²) >= 11 is 0. The molecule has 3 aromatic carbocycles. The Morgan fingerprint density at radius 1 is 0.970 bits per heavy atom. The Balaban J connectivity index is 1.46. The van der Waals surface area contributed by atoms with Gasteiger partial charge in [-0.3, -0.25) is 4.79 Å². The smallest absolute Gasteiger partial charge is 0.254 e. The number of amides is 1. The fourth-order valence-corrected chi connectivity index (χ4v) is 4.29. The Morgan fingerprint density at radius 3 is 2.52 bits per heavy atom. The van der Waals surface area contributed by atoms with Gasteiger partial charge in [0.05, 0.1) is 6.61 Å². The summed E-state index contributed by atoms with van der Waals surface area (Å²) < 4.78 is 22.7. The van der Waals surface area contributed by atoms with Crippen molar-refractivity contribution in [1.29, 1.82) is 0 Å². The largest absolute Gasteiger partial charge is 0.454 e. The Kier molecular flexibility index (Phi) is 5.79. The highest BCUT2D eigenvalue weighted by molar-refractivity contribution is 6.00. The second kappa shape index (κ2) is 8.89. The van der Waals surface area contributed by atoms with Gasteiger partial charge < -0.3 is 23.8 Å².